The molecule has 0 fully saturated rings. The summed E-state index contributed by atoms with van der Waals surface area (Å²) in [7, 11) is -4.31. The van der Waals surface area contributed by atoms with E-state index in [1.54, 1.807) is 0 Å². The Bertz CT molecular complexity index is 819. The number of amides is 1. The highest BCUT2D eigenvalue weighted by atomic mass is 31.2. The van der Waals surface area contributed by atoms with Gasteiger partial charge in [0.05, 0.1) is 25.4 Å². The lowest BCUT2D eigenvalue weighted by atomic mass is 10.0. The van der Waals surface area contributed by atoms with E-state index in [1.807, 2.05) is 0 Å². The highest BCUT2D eigenvalue weighted by Crippen LogP contribution is 2.43. The molecule has 0 aromatic rings. The van der Waals surface area contributed by atoms with Gasteiger partial charge >= 0.3 is 7.82 Å². The van der Waals surface area contributed by atoms with E-state index in [9.17, 15) is 19.4 Å². The number of aliphatic hydroxyl groups excluding tert-OH is 1. The number of rotatable bonds is 45. The van der Waals surface area contributed by atoms with Gasteiger partial charge in [-0.1, -0.05) is 232 Å². The number of nitrogens with one attached hydrogen (secondary N) is 1. The van der Waals surface area contributed by atoms with Gasteiger partial charge in [-0.05, 0) is 12.8 Å². The highest BCUT2D eigenvalue weighted by Gasteiger charge is 2.27. The number of unbranched alkanes of at least 4 members (excludes halogenated alkanes) is 33. The third-order valence-corrected chi connectivity index (χ3v) is 11.9. The van der Waals surface area contributed by atoms with Crippen LogP contribution in [0.2, 0.25) is 0 Å². The van der Waals surface area contributed by atoms with Gasteiger partial charge in [-0.3, -0.25) is 13.8 Å². The first-order valence-electron chi connectivity index (χ1n) is 23.7. The standard InChI is InChI=1S/C45H93N2O6P/c1-3-5-7-9-11-13-15-16-17-18-19-20-21-22-23-24-25-26-27-28-29-31-33-35-37-39-45(49)47-43(42-53-54(50,51)52-41-40-46)44(48)38-36-34-32-30-14-12-10-8-6-4-2/h43-44,48H,3-42,46H2,1-2H3,(H,47,49)(H,50,51)/t43-,44+/m0/s1. The monoisotopic (exact) mass is 789 g/mol. The van der Waals surface area contributed by atoms with Crippen LogP contribution in [0.4, 0.5) is 0 Å². The largest absolute Gasteiger partial charge is 0.472 e. The topological polar surface area (TPSA) is 131 Å². The summed E-state index contributed by atoms with van der Waals surface area (Å²) in [4.78, 5) is 22.7. The van der Waals surface area contributed by atoms with Gasteiger partial charge in [0.15, 0.2) is 0 Å². The predicted octanol–water partition coefficient (Wildman–Crippen LogP) is 13.4. The Kier molecular flexibility index (Phi) is 41.7. The Labute approximate surface area is 335 Å². The van der Waals surface area contributed by atoms with Crippen LogP contribution in [0.1, 0.15) is 251 Å². The molecule has 0 heterocycles. The maximum absolute atomic E-state index is 12.8. The number of hydrogen-bond donors (Lipinski definition) is 4. The van der Waals surface area contributed by atoms with Crippen LogP contribution in [0.15, 0.2) is 0 Å². The fourth-order valence-electron chi connectivity index (χ4n) is 7.37. The van der Waals surface area contributed by atoms with E-state index >= 15 is 0 Å². The summed E-state index contributed by atoms with van der Waals surface area (Å²) in [5.74, 6) is -0.157. The maximum atomic E-state index is 12.8. The number of carbonyl (C=O) groups excluding carboxylic acids is 1. The fraction of sp³-hybridized carbons (Fsp3) is 0.978. The average Bonchev–Trinajstić information content (AvgIpc) is 3.16. The van der Waals surface area contributed by atoms with Gasteiger partial charge in [-0.2, -0.15) is 0 Å². The van der Waals surface area contributed by atoms with Crippen molar-refractivity contribution in [1.82, 2.24) is 5.32 Å². The van der Waals surface area contributed by atoms with Crippen LogP contribution in [0.5, 0.6) is 0 Å². The van der Waals surface area contributed by atoms with Crippen LogP contribution in [0.3, 0.4) is 0 Å². The molecule has 3 atom stereocenters. The van der Waals surface area contributed by atoms with Crippen LogP contribution < -0.4 is 11.1 Å². The van der Waals surface area contributed by atoms with Crippen molar-refractivity contribution >= 4 is 13.7 Å². The Morgan fingerprint density at radius 2 is 0.852 bits per heavy atom. The lowest BCUT2D eigenvalue weighted by Crippen LogP contribution is -2.46. The summed E-state index contributed by atoms with van der Waals surface area (Å²) in [6, 6.07) is -0.766. The summed E-state index contributed by atoms with van der Waals surface area (Å²) in [5, 5.41) is 13.8. The van der Waals surface area contributed by atoms with Crippen LogP contribution in [0.25, 0.3) is 0 Å². The molecule has 324 valence electrons. The molecule has 0 spiro atoms. The van der Waals surface area contributed by atoms with Crippen molar-refractivity contribution in [3.05, 3.63) is 0 Å². The van der Waals surface area contributed by atoms with Gasteiger partial charge in [-0.15, -0.1) is 0 Å². The molecule has 8 nitrogen and oxygen atoms in total. The summed E-state index contributed by atoms with van der Waals surface area (Å²) in [6.07, 6.45) is 45.6. The number of phosphoric ester groups is 1. The number of nitrogens with two attached hydrogens (primary N) is 1. The van der Waals surface area contributed by atoms with Crippen LogP contribution in [0, 0.1) is 0 Å². The van der Waals surface area contributed by atoms with E-state index in [-0.39, 0.29) is 25.7 Å². The van der Waals surface area contributed by atoms with Crippen molar-refractivity contribution in [3.63, 3.8) is 0 Å². The molecule has 0 aliphatic rings. The zero-order valence-corrected chi connectivity index (χ0v) is 36.9. The van der Waals surface area contributed by atoms with Crippen molar-refractivity contribution in [3.8, 4) is 0 Å². The second-order valence-corrected chi connectivity index (χ2v) is 17.8. The minimum atomic E-state index is -4.31. The van der Waals surface area contributed by atoms with Crippen molar-refractivity contribution in [2.45, 2.75) is 264 Å². The van der Waals surface area contributed by atoms with Crippen molar-refractivity contribution < 1.29 is 28.4 Å². The predicted molar refractivity (Wildman–Crippen MR) is 231 cm³/mol. The zero-order chi connectivity index (χ0) is 39.6. The minimum absolute atomic E-state index is 0.0923. The van der Waals surface area contributed by atoms with Gasteiger partial charge in [0.25, 0.3) is 0 Å². The summed E-state index contributed by atoms with van der Waals surface area (Å²) < 4.78 is 22.2. The van der Waals surface area contributed by atoms with E-state index in [4.69, 9.17) is 14.8 Å². The SMILES string of the molecule is CCCCCCCCCCCCCCCCCCCCCCCCCCCC(=O)N[C@@H](COP(=O)(O)OCCN)[C@H](O)CCCCCCCCCCCC. The summed E-state index contributed by atoms with van der Waals surface area (Å²) >= 11 is 0. The molecular weight excluding hydrogens is 695 g/mol. The third kappa shape index (κ3) is 39.7. The van der Waals surface area contributed by atoms with E-state index in [0.29, 0.717) is 12.8 Å². The molecule has 0 aliphatic carbocycles. The smallest absolute Gasteiger partial charge is 0.391 e. The second-order valence-electron chi connectivity index (χ2n) is 16.3. The van der Waals surface area contributed by atoms with Gasteiger partial charge in [0.1, 0.15) is 0 Å². The fourth-order valence-corrected chi connectivity index (χ4v) is 8.13. The van der Waals surface area contributed by atoms with E-state index in [0.717, 1.165) is 38.5 Å². The highest BCUT2D eigenvalue weighted by molar-refractivity contribution is 7.47. The first kappa shape index (κ1) is 53.5. The summed E-state index contributed by atoms with van der Waals surface area (Å²) in [6.45, 7) is 4.22. The Morgan fingerprint density at radius 3 is 1.19 bits per heavy atom. The molecule has 1 unspecified atom stereocenters. The molecule has 9 heteroatoms. The van der Waals surface area contributed by atoms with E-state index in [1.165, 1.54) is 186 Å². The van der Waals surface area contributed by atoms with Crippen LogP contribution in [-0.2, 0) is 18.4 Å². The van der Waals surface area contributed by atoms with E-state index < -0.39 is 20.0 Å². The Hall–Kier alpha value is -0.500. The molecular formula is C45H93N2O6P. The molecule has 0 bridgehead atoms. The Balaban J connectivity index is 3.89. The van der Waals surface area contributed by atoms with Crippen molar-refractivity contribution in [1.29, 1.82) is 0 Å². The number of aliphatic hydroxyl groups is 1. The first-order chi connectivity index (χ1) is 26.4. The quantitative estimate of drug-likeness (QED) is 0.0357. The van der Waals surface area contributed by atoms with Gasteiger partial charge in [-0.25, -0.2) is 4.57 Å². The summed E-state index contributed by atoms with van der Waals surface area (Å²) in [5.41, 5.74) is 5.38. The van der Waals surface area contributed by atoms with Crippen LogP contribution >= 0.6 is 7.82 Å². The molecule has 0 aromatic heterocycles. The molecule has 1 amide bonds. The molecule has 0 rings (SSSR count). The molecule has 5 N–H and O–H groups in total. The van der Waals surface area contributed by atoms with Crippen molar-refractivity contribution in [2.24, 2.45) is 5.73 Å². The second kappa shape index (κ2) is 42.1. The molecule has 0 aliphatic heterocycles. The molecule has 0 saturated carbocycles. The first-order valence-corrected chi connectivity index (χ1v) is 25.1. The third-order valence-electron chi connectivity index (χ3n) is 11.0. The normalized spacial score (nSPS) is 13.9. The lowest BCUT2D eigenvalue weighted by Gasteiger charge is -2.25. The maximum Gasteiger partial charge on any atom is 0.472 e. The number of phosphoric acid groups is 1. The number of hydrogen-bond acceptors (Lipinski definition) is 6. The zero-order valence-electron chi connectivity index (χ0n) is 36.0. The Morgan fingerprint density at radius 1 is 0.537 bits per heavy atom. The lowest BCUT2D eigenvalue weighted by molar-refractivity contribution is -0.123. The van der Waals surface area contributed by atoms with Gasteiger partial charge in [0.2, 0.25) is 5.91 Å². The molecule has 54 heavy (non-hydrogen) atoms. The van der Waals surface area contributed by atoms with Crippen molar-refractivity contribution in [2.75, 3.05) is 19.8 Å². The van der Waals surface area contributed by atoms with Crippen LogP contribution in [-0.4, -0.2) is 47.8 Å². The van der Waals surface area contributed by atoms with E-state index in [2.05, 4.69) is 19.2 Å². The van der Waals surface area contributed by atoms with Gasteiger partial charge < -0.3 is 21.1 Å². The minimum Gasteiger partial charge on any atom is -0.391 e. The molecule has 0 radical (unpaired) electrons. The average molecular weight is 789 g/mol. The molecule has 0 saturated heterocycles. The van der Waals surface area contributed by atoms with Gasteiger partial charge in [0, 0.05) is 13.0 Å². The number of carbonyl (C=O) groups is 1. The molecule has 0 aromatic carbocycles.